The maximum atomic E-state index is 12.0. The standard InChI is InChI=1S/C24H27N9O3.C24H26N8O4.C24H25N7O3/c1-2-25-23(34)32-22-30-19-13-16(12-18(20(19)31-22)21-26-4-3-5-27-21)17-14-28-24(29-15-17)36-11-8-33-6-9-35-10-7-33;1-2-35-24(33)31-22-29-19-13-16(12-18(20(19)30-22)21-25-4-3-5-26-21)17-14-27-23(28-15-17)36-11-8-32-6-9-34-10-7-32;1-2-34-24(32)30-23-28-20-12-16(11-18(22(20)29-23)19-5-3-4-6-25-19)17-13-26-21(27-14-17)15-31-7-9-33-10-8-31/h3-5,12-15H,2,6-11H2,1H3,(H3,25,30,31,32,34);3-5,12-15H,2,6-11H2,1H3,(H2,29,30,31,33);3-6,11-14H,2,7-10,15H2,1H3,(H2,28,29,30,32). The summed E-state index contributed by atoms with van der Waals surface area (Å²) in [5, 5.41) is 10.6. The number of morpholine rings is 3. The highest BCUT2D eigenvalue weighted by atomic mass is 16.6. The molecule has 3 fully saturated rings. The van der Waals surface area contributed by atoms with Crippen LogP contribution in [0.25, 0.3) is 101 Å². The maximum Gasteiger partial charge on any atom is 0.413 e. The van der Waals surface area contributed by atoms with E-state index in [0.29, 0.717) is 101 Å². The number of hydrogen-bond acceptors (Lipinski definition) is 27. The molecule has 3 aliphatic rings. The van der Waals surface area contributed by atoms with E-state index < -0.39 is 12.2 Å². The predicted molar refractivity (Wildman–Crippen MR) is 392 cm³/mol. The van der Waals surface area contributed by atoms with Crippen LogP contribution >= 0.6 is 0 Å². The van der Waals surface area contributed by atoms with Crippen LogP contribution < -0.4 is 30.7 Å². The predicted octanol–water partition coefficient (Wildman–Crippen LogP) is 8.57. The van der Waals surface area contributed by atoms with Crippen molar-refractivity contribution in [3.63, 3.8) is 0 Å². The fourth-order valence-electron chi connectivity index (χ4n) is 11.6. The zero-order valence-corrected chi connectivity index (χ0v) is 58.5. The van der Waals surface area contributed by atoms with Crippen LogP contribution in [-0.4, -0.2) is 243 Å². The second-order valence-electron chi connectivity index (χ2n) is 23.9. The van der Waals surface area contributed by atoms with Gasteiger partial charge in [0.1, 0.15) is 30.1 Å². The van der Waals surface area contributed by atoms with Crippen LogP contribution in [0.5, 0.6) is 12.0 Å². The zero-order valence-electron chi connectivity index (χ0n) is 58.5. The van der Waals surface area contributed by atoms with Crippen molar-refractivity contribution in [1.82, 2.24) is 105 Å². The number of H-pyrrole nitrogens is 3. The molecule has 34 heteroatoms. The maximum absolute atomic E-state index is 12.0. The number of nitrogens with zero attached hydrogens (tertiary/aromatic N) is 17. The number of anilines is 3. The molecule has 0 radical (unpaired) electrons. The molecule has 3 saturated heterocycles. The number of ether oxygens (including phenoxy) is 7. The Labute approximate surface area is 607 Å². The van der Waals surface area contributed by atoms with E-state index in [2.05, 4.69) is 121 Å². The number of amides is 4. The number of hydrogen-bond donors (Lipinski definition) is 7. The molecule has 0 spiro atoms. The molecule has 34 nitrogen and oxygen atoms in total. The Balaban J connectivity index is 0.000000141. The largest absolute Gasteiger partial charge is 0.462 e. The van der Waals surface area contributed by atoms with E-state index in [1.807, 2.05) is 73.9 Å². The van der Waals surface area contributed by atoms with Crippen molar-refractivity contribution in [1.29, 1.82) is 0 Å². The average Bonchev–Trinajstić information content (AvgIpc) is 1.56. The Morgan fingerprint density at radius 2 is 0.840 bits per heavy atom. The molecule has 0 saturated carbocycles. The molecule has 0 aliphatic carbocycles. The number of pyridine rings is 1. The summed E-state index contributed by atoms with van der Waals surface area (Å²) in [7, 11) is 0. The Morgan fingerprint density at radius 3 is 1.25 bits per heavy atom. The molecule has 7 N–H and O–H groups in total. The third-order valence-corrected chi connectivity index (χ3v) is 16.8. The van der Waals surface area contributed by atoms with E-state index in [0.717, 1.165) is 148 Å². The van der Waals surface area contributed by atoms with Crippen LogP contribution in [0.1, 0.15) is 26.6 Å². The van der Waals surface area contributed by atoms with Crippen LogP contribution in [0.15, 0.2) is 135 Å². The fraction of sp³-hybridized carbons (Fsp3) is 0.319. The lowest BCUT2D eigenvalue weighted by molar-refractivity contribution is 0.0316. The molecule has 3 aliphatic heterocycles. The van der Waals surface area contributed by atoms with Gasteiger partial charge in [0.15, 0.2) is 11.6 Å². The summed E-state index contributed by atoms with van der Waals surface area (Å²) in [4.78, 5) is 114. The normalized spacial score (nSPS) is 14.1. The van der Waals surface area contributed by atoms with E-state index >= 15 is 0 Å². The fourth-order valence-corrected chi connectivity index (χ4v) is 11.6. The summed E-state index contributed by atoms with van der Waals surface area (Å²) in [6.07, 6.45) is 17.8. The summed E-state index contributed by atoms with van der Waals surface area (Å²) in [5.74, 6) is 2.69. The van der Waals surface area contributed by atoms with Crippen molar-refractivity contribution >= 4 is 69.2 Å². The number of aromatic nitrogens is 17. The molecule has 0 bridgehead atoms. The number of carbonyl (C=O) groups is 3. The van der Waals surface area contributed by atoms with Gasteiger partial charge in [0.2, 0.25) is 17.8 Å². The number of imidazole rings is 3. The molecule has 4 amide bonds. The first-order valence-electron chi connectivity index (χ1n) is 34.7. The summed E-state index contributed by atoms with van der Waals surface area (Å²) in [6.45, 7) is 19.6. The van der Waals surface area contributed by atoms with Gasteiger partial charge in [-0.05, 0) is 98.1 Å². The number of rotatable bonds is 22. The lowest BCUT2D eigenvalue weighted by Gasteiger charge is -2.26. The number of benzene rings is 3. The van der Waals surface area contributed by atoms with Gasteiger partial charge in [-0.15, -0.1) is 0 Å². The van der Waals surface area contributed by atoms with Gasteiger partial charge in [-0.3, -0.25) is 35.6 Å². The van der Waals surface area contributed by atoms with E-state index in [4.69, 9.17) is 33.2 Å². The lowest BCUT2D eigenvalue weighted by atomic mass is 10.0. The van der Waals surface area contributed by atoms with Gasteiger partial charge in [-0.1, -0.05) is 6.07 Å². The highest BCUT2D eigenvalue weighted by Crippen LogP contribution is 2.36. The number of carbonyl (C=O) groups excluding carboxylic acids is 3. The minimum Gasteiger partial charge on any atom is -0.462 e. The summed E-state index contributed by atoms with van der Waals surface area (Å²) in [6, 6.07) is 21.2. The Hall–Kier alpha value is -12.2. The van der Waals surface area contributed by atoms with Crippen LogP contribution in [-0.2, 0) is 30.2 Å². The second kappa shape index (κ2) is 35.8. The van der Waals surface area contributed by atoms with Crippen LogP contribution in [0, 0.1) is 0 Å². The second-order valence-corrected chi connectivity index (χ2v) is 23.9. The summed E-state index contributed by atoms with van der Waals surface area (Å²) in [5.41, 5.74) is 12.2. The van der Waals surface area contributed by atoms with Gasteiger partial charge in [0, 0.05) is 160 Å². The minimum absolute atomic E-state index is 0.256. The van der Waals surface area contributed by atoms with Crippen molar-refractivity contribution in [2.75, 3.05) is 141 Å². The number of aromatic amines is 3. The van der Waals surface area contributed by atoms with E-state index in [-0.39, 0.29) is 25.2 Å². The van der Waals surface area contributed by atoms with E-state index in [1.54, 1.807) is 81.8 Å². The molecule has 546 valence electrons. The first-order valence-corrected chi connectivity index (χ1v) is 34.7. The molecular weight excluding hydrogens is 1360 g/mol. The Kier molecular flexibility index (Phi) is 24.4. The van der Waals surface area contributed by atoms with Gasteiger partial charge in [-0.25, -0.2) is 79.2 Å². The molecular formula is C72H78N24O10. The van der Waals surface area contributed by atoms with Gasteiger partial charge in [-0.2, -0.15) is 0 Å². The Morgan fingerprint density at radius 1 is 0.443 bits per heavy atom. The van der Waals surface area contributed by atoms with Crippen LogP contribution in [0.3, 0.4) is 0 Å². The summed E-state index contributed by atoms with van der Waals surface area (Å²) < 4.78 is 37.5. The van der Waals surface area contributed by atoms with Gasteiger partial charge in [0.25, 0.3) is 0 Å². The van der Waals surface area contributed by atoms with Crippen molar-refractivity contribution in [2.24, 2.45) is 0 Å². The molecule has 9 aromatic heterocycles. The van der Waals surface area contributed by atoms with Gasteiger partial charge in [0.05, 0.1) is 87.2 Å². The minimum atomic E-state index is -0.591. The van der Waals surface area contributed by atoms with Crippen LogP contribution in [0.2, 0.25) is 0 Å². The van der Waals surface area contributed by atoms with Gasteiger partial charge >= 0.3 is 30.2 Å². The monoisotopic (exact) mass is 1440 g/mol. The van der Waals surface area contributed by atoms with Crippen molar-refractivity contribution in [3.8, 4) is 79.4 Å². The van der Waals surface area contributed by atoms with Crippen molar-refractivity contribution in [2.45, 2.75) is 27.3 Å². The molecule has 0 unspecified atom stereocenters. The molecule has 3 aromatic carbocycles. The number of fused-ring (bicyclic) bond motifs is 3. The molecule has 106 heavy (non-hydrogen) atoms. The molecule has 0 atom stereocenters. The molecule has 12 aromatic rings. The SMILES string of the molecule is CCNC(=O)Nc1nc2c(-c3ncccn3)cc(-c3cnc(OCCN4CCOCC4)nc3)cc2[nH]1.CCOC(=O)Nc1nc2c(-c3ccccn3)cc(-c3cnc(CN4CCOCC4)nc3)cc2[nH]1.CCOC(=O)Nc1nc2c(-c3ncccn3)cc(-c3cnc(OCCN4CCOCC4)nc3)cc2[nH]1. The van der Waals surface area contributed by atoms with E-state index in [1.165, 1.54) is 0 Å². The number of urea groups is 1. The number of nitrogens with one attached hydrogen (secondary N) is 7. The van der Waals surface area contributed by atoms with Crippen molar-refractivity contribution < 1.29 is 47.5 Å². The third-order valence-electron chi connectivity index (χ3n) is 16.8. The Bertz CT molecular complexity index is 4650. The molecule has 15 rings (SSSR count). The molecule has 12 heterocycles. The van der Waals surface area contributed by atoms with E-state index in [9.17, 15) is 14.4 Å². The third kappa shape index (κ3) is 19.1. The lowest BCUT2D eigenvalue weighted by Crippen LogP contribution is -2.38. The smallest absolute Gasteiger partial charge is 0.413 e. The highest BCUT2D eigenvalue weighted by Gasteiger charge is 2.22. The first kappa shape index (κ1) is 72.2. The summed E-state index contributed by atoms with van der Waals surface area (Å²) >= 11 is 0. The average molecular weight is 1440 g/mol. The highest BCUT2D eigenvalue weighted by molar-refractivity contribution is 6.00. The first-order chi connectivity index (χ1) is 52.1. The quantitative estimate of drug-likeness (QED) is 0.0334. The zero-order chi connectivity index (χ0) is 72.8. The van der Waals surface area contributed by atoms with Crippen molar-refractivity contribution in [3.05, 3.63) is 141 Å². The van der Waals surface area contributed by atoms with Gasteiger partial charge < -0.3 is 53.4 Å². The topological polar surface area (TPSA) is 401 Å². The van der Waals surface area contributed by atoms with Crippen LogP contribution in [0.4, 0.5) is 32.2 Å².